The van der Waals surface area contributed by atoms with Crippen LogP contribution in [0.5, 0.6) is 17.2 Å². The molecule has 4 aromatic rings. The van der Waals surface area contributed by atoms with E-state index in [-0.39, 0.29) is 29.7 Å². The second-order valence-electron chi connectivity index (χ2n) is 11.1. The molecule has 1 amide bonds. The average Bonchev–Trinajstić information content (AvgIpc) is 3.56. The van der Waals surface area contributed by atoms with Crippen LogP contribution in [0, 0.1) is 0 Å². The number of hydrogen-bond donors (Lipinski definition) is 1. The van der Waals surface area contributed by atoms with Crippen LogP contribution in [0.25, 0.3) is 22.2 Å². The van der Waals surface area contributed by atoms with Crippen molar-refractivity contribution < 1.29 is 23.7 Å². The molecular weight excluding hydrogens is 546 g/mol. The lowest BCUT2D eigenvalue weighted by Gasteiger charge is -2.27. The van der Waals surface area contributed by atoms with Gasteiger partial charge in [-0.05, 0) is 86.1 Å². The standard InChI is InChI=1S/C34H37N3O6/c1-40-28-13-7-5-11-24(28)31-22(18-25-29(41-2)14-15-30(42-3)32(25)36-31)19-37(20-23-10-8-16-43-23)34(39)26-17-21-9-4-6-12-27(21)35-33(26)38/h5,7,11,13-15,17-18,23H,4,6,8-10,12,16,19-20H2,1-3H3,(H,35,38). The molecule has 224 valence electrons. The largest absolute Gasteiger partial charge is 0.496 e. The van der Waals surface area contributed by atoms with Gasteiger partial charge >= 0.3 is 0 Å². The van der Waals surface area contributed by atoms with Crippen molar-refractivity contribution in [2.45, 2.75) is 51.2 Å². The number of carbonyl (C=O) groups is 1. The summed E-state index contributed by atoms with van der Waals surface area (Å²) in [5, 5.41) is 0.756. The smallest absolute Gasteiger partial charge is 0.261 e. The van der Waals surface area contributed by atoms with Crippen LogP contribution in [0.15, 0.2) is 53.3 Å². The fraction of sp³-hybridized carbons (Fsp3) is 0.382. The van der Waals surface area contributed by atoms with Crippen LogP contribution < -0.4 is 19.8 Å². The average molecular weight is 584 g/mol. The number of aryl methyl sites for hydroxylation is 2. The van der Waals surface area contributed by atoms with Crippen LogP contribution in [0.3, 0.4) is 0 Å². The predicted octanol–water partition coefficient (Wildman–Crippen LogP) is 5.32. The molecule has 1 aliphatic carbocycles. The van der Waals surface area contributed by atoms with Crippen LogP contribution >= 0.6 is 0 Å². The van der Waals surface area contributed by atoms with E-state index in [1.807, 2.05) is 42.5 Å². The number of aromatic nitrogens is 2. The van der Waals surface area contributed by atoms with E-state index in [0.717, 1.165) is 66.3 Å². The number of benzene rings is 2. The number of pyridine rings is 2. The van der Waals surface area contributed by atoms with Crippen molar-refractivity contribution >= 4 is 16.8 Å². The molecule has 6 rings (SSSR count). The van der Waals surface area contributed by atoms with Crippen LogP contribution in [0.1, 0.15) is 52.9 Å². The number of para-hydroxylation sites is 1. The first-order chi connectivity index (χ1) is 21.0. The third-order valence-electron chi connectivity index (χ3n) is 8.45. The van der Waals surface area contributed by atoms with Gasteiger partial charge in [0.1, 0.15) is 28.3 Å². The monoisotopic (exact) mass is 583 g/mol. The first kappa shape index (κ1) is 28.7. The molecular formula is C34H37N3O6. The third-order valence-corrected chi connectivity index (χ3v) is 8.45. The number of methoxy groups -OCH3 is 3. The number of fused-ring (bicyclic) bond motifs is 2. The highest BCUT2D eigenvalue weighted by Crippen LogP contribution is 2.39. The van der Waals surface area contributed by atoms with Gasteiger partial charge in [-0.2, -0.15) is 0 Å². The Balaban J connectivity index is 1.50. The predicted molar refractivity (Wildman–Crippen MR) is 164 cm³/mol. The van der Waals surface area contributed by atoms with Crippen molar-refractivity contribution in [3.8, 4) is 28.5 Å². The second kappa shape index (κ2) is 12.5. The van der Waals surface area contributed by atoms with Crippen molar-refractivity contribution in [2.75, 3.05) is 34.5 Å². The zero-order valence-corrected chi connectivity index (χ0v) is 24.9. The number of H-pyrrole nitrogens is 1. The highest BCUT2D eigenvalue weighted by atomic mass is 16.5. The lowest BCUT2D eigenvalue weighted by Crippen LogP contribution is -2.40. The molecule has 2 aromatic heterocycles. The summed E-state index contributed by atoms with van der Waals surface area (Å²) >= 11 is 0. The maximum atomic E-state index is 14.3. The Hall–Kier alpha value is -4.37. The quantitative estimate of drug-likeness (QED) is 0.285. The molecule has 0 spiro atoms. The molecule has 0 bridgehead atoms. The lowest BCUT2D eigenvalue weighted by molar-refractivity contribution is 0.0506. The number of nitrogens with one attached hydrogen (secondary N) is 1. The van der Waals surface area contributed by atoms with Crippen molar-refractivity contribution in [1.29, 1.82) is 0 Å². The summed E-state index contributed by atoms with van der Waals surface area (Å²) in [5.74, 6) is 1.57. The molecule has 9 heteroatoms. The molecule has 1 atom stereocenters. The molecule has 43 heavy (non-hydrogen) atoms. The van der Waals surface area contributed by atoms with Gasteiger partial charge in [-0.1, -0.05) is 12.1 Å². The number of nitrogens with zero attached hydrogens (tertiary/aromatic N) is 2. The Morgan fingerprint density at radius 2 is 1.74 bits per heavy atom. The van der Waals surface area contributed by atoms with Crippen LogP contribution in [0.4, 0.5) is 0 Å². The Morgan fingerprint density at radius 3 is 2.51 bits per heavy atom. The number of amides is 1. The maximum Gasteiger partial charge on any atom is 0.261 e. The first-order valence-corrected chi connectivity index (χ1v) is 14.8. The summed E-state index contributed by atoms with van der Waals surface area (Å²) in [4.78, 5) is 37.3. The van der Waals surface area contributed by atoms with Crippen molar-refractivity contribution in [3.05, 3.63) is 81.3 Å². The summed E-state index contributed by atoms with van der Waals surface area (Å²) in [6, 6.07) is 15.1. The van der Waals surface area contributed by atoms with E-state index in [9.17, 15) is 9.59 Å². The van der Waals surface area contributed by atoms with E-state index in [2.05, 4.69) is 4.98 Å². The van der Waals surface area contributed by atoms with Gasteiger partial charge in [0.2, 0.25) is 0 Å². The highest BCUT2D eigenvalue weighted by molar-refractivity contribution is 5.95. The fourth-order valence-electron chi connectivity index (χ4n) is 6.25. The second-order valence-corrected chi connectivity index (χ2v) is 11.1. The van der Waals surface area contributed by atoms with Gasteiger partial charge in [0.05, 0.1) is 33.1 Å². The van der Waals surface area contributed by atoms with Gasteiger partial charge in [-0.15, -0.1) is 0 Å². The Labute approximate surface area is 250 Å². The van der Waals surface area contributed by atoms with Gasteiger partial charge in [0.15, 0.2) is 0 Å². The van der Waals surface area contributed by atoms with E-state index < -0.39 is 0 Å². The van der Waals surface area contributed by atoms with E-state index in [4.69, 9.17) is 23.9 Å². The molecule has 2 aliphatic rings. The third kappa shape index (κ3) is 5.69. The minimum atomic E-state index is -0.351. The molecule has 1 fully saturated rings. The number of ether oxygens (including phenoxy) is 4. The number of hydrogen-bond acceptors (Lipinski definition) is 7. The summed E-state index contributed by atoms with van der Waals surface area (Å²) in [6.45, 7) is 1.22. The topological polar surface area (TPSA) is 103 Å². The van der Waals surface area contributed by atoms with Crippen LogP contribution in [-0.4, -0.2) is 61.4 Å². The molecule has 0 radical (unpaired) electrons. The Morgan fingerprint density at radius 1 is 0.977 bits per heavy atom. The van der Waals surface area contributed by atoms with E-state index in [0.29, 0.717) is 41.6 Å². The first-order valence-electron chi connectivity index (χ1n) is 14.8. The van der Waals surface area contributed by atoms with Gasteiger partial charge < -0.3 is 28.8 Å². The van der Waals surface area contributed by atoms with Crippen LogP contribution in [-0.2, 0) is 24.1 Å². The van der Waals surface area contributed by atoms with Crippen molar-refractivity contribution in [2.24, 2.45) is 0 Å². The Kier molecular flexibility index (Phi) is 8.33. The summed E-state index contributed by atoms with van der Waals surface area (Å²) < 4.78 is 23.1. The van der Waals surface area contributed by atoms with E-state index >= 15 is 0 Å². The molecule has 9 nitrogen and oxygen atoms in total. The van der Waals surface area contributed by atoms with Gasteiger partial charge in [0, 0.05) is 36.3 Å². The fourth-order valence-corrected chi connectivity index (χ4v) is 6.25. The minimum absolute atomic E-state index is 0.113. The molecule has 1 unspecified atom stereocenters. The minimum Gasteiger partial charge on any atom is -0.496 e. The maximum absolute atomic E-state index is 14.3. The zero-order valence-electron chi connectivity index (χ0n) is 24.9. The van der Waals surface area contributed by atoms with Gasteiger partial charge in [-0.3, -0.25) is 9.59 Å². The van der Waals surface area contributed by atoms with Gasteiger partial charge in [0.25, 0.3) is 11.5 Å². The van der Waals surface area contributed by atoms with Crippen molar-refractivity contribution in [1.82, 2.24) is 14.9 Å². The normalized spacial score (nSPS) is 16.1. The number of aromatic amines is 1. The molecule has 1 N–H and O–H groups in total. The Bertz CT molecular complexity index is 1710. The molecule has 1 saturated heterocycles. The van der Waals surface area contributed by atoms with E-state index in [1.165, 1.54) is 0 Å². The zero-order chi connectivity index (χ0) is 29.9. The molecule has 3 heterocycles. The molecule has 0 saturated carbocycles. The summed E-state index contributed by atoms with van der Waals surface area (Å²) in [7, 11) is 4.85. The van der Waals surface area contributed by atoms with Crippen molar-refractivity contribution in [3.63, 3.8) is 0 Å². The SMILES string of the molecule is COc1ccccc1-c1nc2c(OC)ccc(OC)c2cc1CN(CC1CCCO1)C(=O)c1cc2c([nH]c1=O)CCCC2. The van der Waals surface area contributed by atoms with Crippen LogP contribution in [0.2, 0.25) is 0 Å². The lowest BCUT2D eigenvalue weighted by atomic mass is 9.94. The number of carbonyl (C=O) groups excluding carboxylic acids is 1. The summed E-state index contributed by atoms with van der Waals surface area (Å²) in [6.07, 6.45) is 5.44. The molecule has 2 aromatic carbocycles. The van der Waals surface area contributed by atoms with Gasteiger partial charge in [-0.25, -0.2) is 4.98 Å². The molecule has 1 aliphatic heterocycles. The van der Waals surface area contributed by atoms with E-state index in [1.54, 1.807) is 32.3 Å². The highest BCUT2D eigenvalue weighted by Gasteiger charge is 2.28. The summed E-state index contributed by atoms with van der Waals surface area (Å²) in [5.41, 5.74) is 4.64. The number of rotatable bonds is 9.